The molecular weight excluding hydrogens is 254 g/mol. The van der Waals surface area contributed by atoms with E-state index in [1.165, 1.54) is 0 Å². The minimum absolute atomic E-state index is 0.00434. The summed E-state index contributed by atoms with van der Waals surface area (Å²) in [6.45, 7) is 0.922. The van der Waals surface area contributed by atoms with Crippen molar-refractivity contribution < 1.29 is 9.59 Å². The van der Waals surface area contributed by atoms with Crippen LogP contribution in [0, 0.1) is 0 Å². The molecule has 1 aliphatic carbocycles. The molecule has 0 saturated heterocycles. The molecular formula is C15H21N3O2. The fraction of sp³-hybridized carbons (Fsp3) is 0.467. The normalized spacial score (nSPS) is 13.8. The summed E-state index contributed by atoms with van der Waals surface area (Å²) in [5.74, 6) is -0.146. The fourth-order valence-electron chi connectivity index (χ4n) is 1.95. The first-order valence-electron chi connectivity index (χ1n) is 7.05. The predicted octanol–water partition coefficient (Wildman–Crippen LogP) is 0.586. The van der Waals surface area contributed by atoms with E-state index in [0.717, 1.165) is 24.8 Å². The quantitative estimate of drug-likeness (QED) is 0.681. The van der Waals surface area contributed by atoms with Crippen LogP contribution in [0.2, 0.25) is 0 Å². The highest BCUT2D eigenvalue weighted by molar-refractivity contribution is 5.94. The fourth-order valence-corrected chi connectivity index (χ4v) is 1.95. The van der Waals surface area contributed by atoms with Crippen molar-refractivity contribution in [1.82, 2.24) is 10.6 Å². The zero-order chi connectivity index (χ0) is 14.4. The molecule has 5 heteroatoms. The average molecular weight is 275 g/mol. The maximum atomic E-state index is 11.9. The lowest BCUT2D eigenvalue weighted by atomic mass is 10.1. The van der Waals surface area contributed by atoms with Gasteiger partial charge in [-0.15, -0.1) is 0 Å². The van der Waals surface area contributed by atoms with Crippen LogP contribution in [0.15, 0.2) is 24.3 Å². The SMILES string of the molecule is NCCc1cccc(C(=O)NCCC(=O)NC2CC2)c1. The Morgan fingerprint density at radius 3 is 2.80 bits per heavy atom. The van der Waals surface area contributed by atoms with Crippen molar-refractivity contribution in [3.63, 3.8) is 0 Å². The molecule has 5 nitrogen and oxygen atoms in total. The second-order valence-electron chi connectivity index (χ2n) is 5.09. The first-order chi connectivity index (χ1) is 9.69. The topological polar surface area (TPSA) is 84.2 Å². The van der Waals surface area contributed by atoms with E-state index in [0.29, 0.717) is 31.1 Å². The summed E-state index contributed by atoms with van der Waals surface area (Å²) in [6, 6.07) is 7.77. The van der Waals surface area contributed by atoms with Gasteiger partial charge in [-0.3, -0.25) is 9.59 Å². The first-order valence-corrected chi connectivity index (χ1v) is 7.05. The van der Waals surface area contributed by atoms with E-state index in [1.807, 2.05) is 18.2 Å². The Hall–Kier alpha value is -1.88. The van der Waals surface area contributed by atoms with E-state index < -0.39 is 0 Å². The molecule has 1 aromatic carbocycles. The van der Waals surface area contributed by atoms with E-state index >= 15 is 0 Å². The van der Waals surface area contributed by atoms with Gasteiger partial charge in [0, 0.05) is 24.6 Å². The van der Waals surface area contributed by atoms with Gasteiger partial charge in [0.05, 0.1) is 0 Å². The number of hydrogen-bond acceptors (Lipinski definition) is 3. The number of carbonyl (C=O) groups is 2. The van der Waals surface area contributed by atoms with Gasteiger partial charge in [-0.2, -0.15) is 0 Å². The molecule has 0 heterocycles. The van der Waals surface area contributed by atoms with E-state index in [2.05, 4.69) is 10.6 Å². The molecule has 1 aromatic rings. The summed E-state index contributed by atoms with van der Waals surface area (Å²) >= 11 is 0. The Balaban J connectivity index is 1.75. The minimum atomic E-state index is -0.150. The third-order valence-corrected chi connectivity index (χ3v) is 3.20. The van der Waals surface area contributed by atoms with Crippen molar-refractivity contribution in [3.8, 4) is 0 Å². The number of amides is 2. The second-order valence-corrected chi connectivity index (χ2v) is 5.09. The number of benzene rings is 1. The summed E-state index contributed by atoms with van der Waals surface area (Å²) in [5, 5.41) is 5.65. The highest BCUT2D eigenvalue weighted by Gasteiger charge is 2.22. The van der Waals surface area contributed by atoms with E-state index in [1.54, 1.807) is 6.07 Å². The Kier molecular flexibility index (Phi) is 5.12. The van der Waals surface area contributed by atoms with Crippen molar-refractivity contribution >= 4 is 11.8 Å². The van der Waals surface area contributed by atoms with Gasteiger partial charge in [0.2, 0.25) is 5.91 Å². The second kappa shape index (κ2) is 7.05. The van der Waals surface area contributed by atoms with Crippen LogP contribution in [0.1, 0.15) is 35.2 Å². The zero-order valence-corrected chi connectivity index (χ0v) is 11.5. The molecule has 4 N–H and O–H groups in total. The van der Waals surface area contributed by atoms with Gasteiger partial charge >= 0.3 is 0 Å². The van der Waals surface area contributed by atoms with E-state index in [-0.39, 0.29) is 11.8 Å². The lowest BCUT2D eigenvalue weighted by Gasteiger charge is -2.07. The molecule has 1 saturated carbocycles. The van der Waals surface area contributed by atoms with Crippen molar-refractivity contribution in [2.45, 2.75) is 31.7 Å². The number of nitrogens with two attached hydrogens (primary N) is 1. The lowest BCUT2D eigenvalue weighted by Crippen LogP contribution is -2.31. The Morgan fingerprint density at radius 1 is 1.30 bits per heavy atom. The van der Waals surface area contributed by atoms with Crippen molar-refractivity contribution in [3.05, 3.63) is 35.4 Å². The molecule has 0 bridgehead atoms. The molecule has 0 radical (unpaired) electrons. The van der Waals surface area contributed by atoms with Crippen LogP contribution < -0.4 is 16.4 Å². The number of rotatable bonds is 7. The molecule has 1 fully saturated rings. The van der Waals surface area contributed by atoms with Crippen LogP contribution in [0.5, 0.6) is 0 Å². The van der Waals surface area contributed by atoms with Crippen LogP contribution in [0.25, 0.3) is 0 Å². The zero-order valence-electron chi connectivity index (χ0n) is 11.5. The largest absolute Gasteiger partial charge is 0.353 e. The van der Waals surface area contributed by atoms with Crippen LogP contribution in [0.4, 0.5) is 0 Å². The Labute approximate surface area is 118 Å². The maximum Gasteiger partial charge on any atom is 0.251 e. The highest BCUT2D eigenvalue weighted by atomic mass is 16.2. The van der Waals surface area contributed by atoms with Gasteiger partial charge in [0.1, 0.15) is 0 Å². The number of carbonyl (C=O) groups excluding carboxylic acids is 2. The monoisotopic (exact) mass is 275 g/mol. The van der Waals surface area contributed by atoms with Crippen LogP contribution in [0.3, 0.4) is 0 Å². The van der Waals surface area contributed by atoms with Crippen molar-refractivity contribution in [1.29, 1.82) is 0 Å². The summed E-state index contributed by atoms with van der Waals surface area (Å²) in [4.78, 5) is 23.4. The summed E-state index contributed by atoms with van der Waals surface area (Å²) in [7, 11) is 0. The predicted molar refractivity (Wildman–Crippen MR) is 77.3 cm³/mol. The molecule has 0 atom stereocenters. The van der Waals surface area contributed by atoms with Crippen LogP contribution in [-0.2, 0) is 11.2 Å². The number of nitrogens with one attached hydrogen (secondary N) is 2. The third kappa shape index (κ3) is 4.66. The molecule has 108 valence electrons. The summed E-state index contributed by atoms with van der Waals surface area (Å²) in [5.41, 5.74) is 7.16. The van der Waals surface area contributed by atoms with E-state index in [4.69, 9.17) is 5.73 Å². The van der Waals surface area contributed by atoms with Crippen LogP contribution >= 0.6 is 0 Å². The Morgan fingerprint density at radius 2 is 2.10 bits per heavy atom. The molecule has 2 rings (SSSR count). The van der Waals surface area contributed by atoms with Crippen molar-refractivity contribution in [2.24, 2.45) is 5.73 Å². The third-order valence-electron chi connectivity index (χ3n) is 3.20. The minimum Gasteiger partial charge on any atom is -0.353 e. The molecule has 0 unspecified atom stereocenters. The molecule has 0 aromatic heterocycles. The smallest absolute Gasteiger partial charge is 0.251 e. The molecule has 0 spiro atoms. The van der Waals surface area contributed by atoms with Crippen LogP contribution in [-0.4, -0.2) is 30.9 Å². The van der Waals surface area contributed by atoms with Gasteiger partial charge in [-0.05, 0) is 43.5 Å². The highest BCUT2D eigenvalue weighted by Crippen LogP contribution is 2.18. The van der Waals surface area contributed by atoms with Crippen molar-refractivity contribution in [2.75, 3.05) is 13.1 Å². The van der Waals surface area contributed by atoms with Gasteiger partial charge in [0.25, 0.3) is 5.91 Å². The summed E-state index contributed by atoms with van der Waals surface area (Å²) in [6.07, 6.45) is 3.23. The van der Waals surface area contributed by atoms with Gasteiger partial charge in [-0.25, -0.2) is 0 Å². The standard InChI is InChI=1S/C15H21N3O2/c16-8-6-11-2-1-3-12(10-11)15(20)17-9-7-14(19)18-13-4-5-13/h1-3,10,13H,4-9,16H2,(H,17,20)(H,18,19). The lowest BCUT2D eigenvalue weighted by molar-refractivity contribution is -0.121. The average Bonchev–Trinajstić information content (AvgIpc) is 3.23. The van der Waals surface area contributed by atoms with Gasteiger partial charge in [-0.1, -0.05) is 12.1 Å². The van der Waals surface area contributed by atoms with Gasteiger partial charge < -0.3 is 16.4 Å². The molecule has 20 heavy (non-hydrogen) atoms. The molecule has 2 amide bonds. The summed E-state index contributed by atoms with van der Waals surface area (Å²) < 4.78 is 0. The molecule has 0 aliphatic heterocycles. The van der Waals surface area contributed by atoms with E-state index in [9.17, 15) is 9.59 Å². The number of hydrogen-bond donors (Lipinski definition) is 3. The van der Waals surface area contributed by atoms with Gasteiger partial charge in [0.15, 0.2) is 0 Å². The maximum absolute atomic E-state index is 11.9. The Bertz CT molecular complexity index is 484. The first kappa shape index (κ1) is 14.5. The molecule has 1 aliphatic rings.